The van der Waals surface area contributed by atoms with Gasteiger partial charge in [0, 0.05) is 25.0 Å². The molecule has 2 heterocycles. The number of nitrogens with zero attached hydrogens (tertiary/aromatic N) is 3. The van der Waals surface area contributed by atoms with Crippen molar-refractivity contribution in [3.63, 3.8) is 0 Å². The van der Waals surface area contributed by atoms with Crippen LogP contribution in [0.15, 0.2) is 36.5 Å². The van der Waals surface area contributed by atoms with Crippen LogP contribution < -0.4 is 10.2 Å². The largest absolute Gasteiger partial charge is 0.356 e. The second-order valence-electron chi connectivity index (χ2n) is 5.27. The van der Waals surface area contributed by atoms with Gasteiger partial charge in [0.15, 0.2) is 0 Å². The molecule has 0 radical (unpaired) electrons. The molecule has 1 aliphatic rings. The maximum Gasteiger partial charge on any atom is 0.229 e. The van der Waals surface area contributed by atoms with Gasteiger partial charge in [0.2, 0.25) is 5.95 Å². The van der Waals surface area contributed by atoms with Crippen molar-refractivity contribution in [1.82, 2.24) is 9.97 Å². The van der Waals surface area contributed by atoms with Gasteiger partial charge in [-0.05, 0) is 43.2 Å². The van der Waals surface area contributed by atoms with Crippen LogP contribution in [0.4, 0.5) is 21.8 Å². The van der Waals surface area contributed by atoms with E-state index in [1.807, 2.05) is 6.07 Å². The van der Waals surface area contributed by atoms with Gasteiger partial charge in [-0.3, -0.25) is 0 Å². The molecule has 2 aromatic rings. The van der Waals surface area contributed by atoms with Gasteiger partial charge < -0.3 is 10.2 Å². The van der Waals surface area contributed by atoms with E-state index in [1.165, 1.54) is 37.8 Å². The summed E-state index contributed by atoms with van der Waals surface area (Å²) in [6, 6.07) is 8.14. The Kier molecular flexibility index (Phi) is 4.28. The van der Waals surface area contributed by atoms with Crippen LogP contribution in [-0.4, -0.2) is 23.1 Å². The summed E-state index contributed by atoms with van der Waals surface area (Å²) in [6.45, 7) is 2.10. The highest BCUT2D eigenvalue weighted by atomic mass is 19.1. The van der Waals surface area contributed by atoms with Crippen molar-refractivity contribution in [3.05, 3.63) is 42.3 Å². The summed E-state index contributed by atoms with van der Waals surface area (Å²) in [4.78, 5) is 11.1. The van der Waals surface area contributed by atoms with Crippen LogP contribution in [0.2, 0.25) is 0 Å². The monoisotopic (exact) mass is 286 g/mol. The summed E-state index contributed by atoms with van der Waals surface area (Å²) in [5.74, 6) is 1.25. The van der Waals surface area contributed by atoms with Crippen LogP contribution >= 0.6 is 0 Å². The fourth-order valence-electron chi connectivity index (χ4n) is 2.55. The molecule has 110 valence electrons. The first kappa shape index (κ1) is 13.8. The molecule has 0 spiro atoms. The Morgan fingerprint density at radius 3 is 2.38 bits per heavy atom. The minimum absolute atomic E-state index is 0.250. The van der Waals surface area contributed by atoms with E-state index < -0.39 is 0 Å². The van der Waals surface area contributed by atoms with E-state index in [0.29, 0.717) is 5.95 Å². The lowest BCUT2D eigenvalue weighted by Gasteiger charge is -2.21. The fourth-order valence-corrected chi connectivity index (χ4v) is 2.55. The molecule has 0 atom stereocenters. The minimum Gasteiger partial charge on any atom is -0.356 e. The van der Waals surface area contributed by atoms with Gasteiger partial charge in [-0.1, -0.05) is 12.8 Å². The van der Waals surface area contributed by atoms with Gasteiger partial charge in [-0.15, -0.1) is 0 Å². The van der Waals surface area contributed by atoms with Gasteiger partial charge >= 0.3 is 0 Å². The molecule has 0 saturated carbocycles. The number of rotatable bonds is 3. The normalized spacial score (nSPS) is 15.6. The Bertz CT molecular complexity index is 577. The average molecular weight is 286 g/mol. The minimum atomic E-state index is -0.250. The smallest absolute Gasteiger partial charge is 0.229 e. The fraction of sp³-hybridized carbons (Fsp3) is 0.375. The zero-order valence-corrected chi connectivity index (χ0v) is 11.9. The van der Waals surface area contributed by atoms with E-state index >= 15 is 0 Å². The van der Waals surface area contributed by atoms with Crippen LogP contribution in [0.25, 0.3) is 0 Å². The van der Waals surface area contributed by atoms with Gasteiger partial charge in [0.05, 0.1) is 0 Å². The van der Waals surface area contributed by atoms with Gasteiger partial charge in [0.25, 0.3) is 0 Å². The summed E-state index contributed by atoms with van der Waals surface area (Å²) in [5, 5.41) is 3.11. The molecule has 5 heteroatoms. The van der Waals surface area contributed by atoms with Gasteiger partial charge in [0.1, 0.15) is 11.6 Å². The number of hydrogen-bond acceptors (Lipinski definition) is 4. The molecule has 0 bridgehead atoms. The van der Waals surface area contributed by atoms with Gasteiger partial charge in [-0.25, -0.2) is 9.37 Å². The van der Waals surface area contributed by atoms with Crippen molar-refractivity contribution in [2.75, 3.05) is 23.3 Å². The molecule has 0 aliphatic carbocycles. The lowest BCUT2D eigenvalue weighted by atomic mass is 10.2. The second-order valence-corrected chi connectivity index (χ2v) is 5.27. The molecule has 0 amide bonds. The standard InChI is InChI=1S/C16H19FN4/c17-13-5-7-14(8-6-13)19-16-18-10-9-15(20-16)21-11-3-1-2-4-12-21/h5-10H,1-4,11-12H2,(H,18,19,20). The van der Waals surface area contributed by atoms with E-state index in [9.17, 15) is 4.39 Å². The number of benzene rings is 1. The molecule has 0 unspecified atom stereocenters. The molecular weight excluding hydrogens is 267 g/mol. The highest BCUT2D eigenvalue weighted by Crippen LogP contribution is 2.19. The average Bonchev–Trinajstić information content (AvgIpc) is 2.79. The molecule has 1 saturated heterocycles. The predicted molar refractivity (Wildman–Crippen MR) is 82.4 cm³/mol. The summed E-state index contributed by atoms with van der Waals surface area (Å²) < 4.78 is 12.9. The maximum absolute atomic E-state index is 12.9. The van der Waals surface area contributed by atoms with E-state index in [2.05, 4.69) is 20.2 Å². The predicted octanol–water partition coefficient (Wildman–Crippen LogP) is 3.74. The van der Waals surface area contributed by atoms with Gasteiger partial charge in [-0.2, -0.15) is 4.98 Å². The van der Waals surface area contributed by atoms with E-state index in [0.717, 1.165) is 24.6 Å². The molecule has 1 N–H and O–H groups in total. The topological polar surface area (TPSA) is 41.1 Å². The zero-order valence-electron chi connectivity index (χ0n) is 11.9. The van der Waals surface area contributed by atoms with Crippen LogP contribution in [0, 0.1) is 5.82 Å². The first-order valence-corrected chi connectivity index (χ1v) is 7.42. The molecule has 1 fully saturated rings. The summed E-state index contributed by atoms with van der Waals surface area (Å²) >= 11 is 0. The lowest BCUT2D eigenvalue weighted by Crippen LogP contribution is -2.25. The van der Waals surface area contributed by atoms with E-state index in [1.54, 1.807) is 18.3 Å². The third kappa shape index (κ3) is 3.68. The van der Waals surface area contributed by atoms with Crippen LogP contribution in [0.1, 0.15) is 25.7 Å². The highest BCUT2D eigenvalue weighted by Gasteiger charge is 2.11. The SMILES string of the molecule is Fc1ccc(Nc2nccc(N3CCCCCC3)n2)cc1. The number of nitrogens with one attached hydrogen (secondary N) is 1. The molecule has 1 aromatic carbocycles. The van der Waals surface area contributed by atoms with Crippen molar-refractivity contribution in [2.45, 2.75) is 25.7 Å². The Balaban J connectivity index is 1.74. The Morgan fingerprint density at radius 1 is 0.952 bits per heavy atom. The molecule has 4 nitrogen and oxygen atoms in total. The van der Waals surface area contributed by atoms with Crippen LogP contribution in [0.3, 0.4) is 0 Å². The molecule has 21 heavy (non-hydrogen) atoms. The zero-order chi connectivity index (χ0) is 14.5. The van der Waals surface area contributed by atoms with Crippen molar-refractivity contribution >= 4 is 17.5 Å². The lowest BCUT2D eigenvalue weighted by molar-refractivity contribution is 0.628. The van der Waals surface area contributed by atoms with Crippen LogP contribution in [-0.2, 0) is 0 Å². The second kappa shape index (κ2) is 6.52. The van der Waals surface area contributed by atoms with Crippen molar-refractivity contribution < 1.29 is 4.39 Å². The molecule has 1 aliphatic heterocycles. The summed E-state index contributed by atoms with van der Waals surface area (Å²) in [7, 11) is 0. The third-order valence-corrected chi connectivity index (χ3v) is 3.67. The molecule has 3 rings (SSSR count). The number of hydrogen-bond donors (Lipinski definition) is 1. The Labute approximate surface area is 124 Å². The Morgan fingerprint density at radius 2 is 1.67 bits per heavy atom. The third-order valence-electron chi connectivity index (χ3n) is 3.67. The molecular formula is C16H19FN4. The number of anilines is 3. The molecule has 1 aromatic heterocycles. The first-order valence-electron chi connectivity index (χ1n) is 7.42. The number of halogens is 1. The maximum atomic E-state index is 12.9. The summed E-state index contributed by atoms with van der Waals surface area (Å²) in [6.07, 6.45) is 6.78. The van der Waals surface area contributed by atoms with Crippen molar-refractivity contribution in [3.8, 4) is 0 Å². The van der Waals surface area contributed by atoms with E-state index in [4.69, 9.17) is 0 Å². The number of aromatic nitrogens is 2. The Hall–Kier alpha value is -2.17. The quantitative estimate of drug-likeness (QED) is 0.933. The van der Waals surface area contributed by atoms with Crippen LogP contribution in [0.5, 0.6) is 0 Å². The first-order chi connectivity index (χ1) is 10.3. The highest BCUT2D eigenvalue weighted by molar-refractivity contribution is 5.54. The van der Waals surface area contributed by atoms with E-state index in [-0.39, 0.29) is 5.82 Å². The summed E-state index contributed by atoms with van der Waals surface area (Å²) in [5.41, 5.74) is 0.782. The van der Waals surface area contributed by atoms with Crippen molar-refractivity contribution in [2.24, 2.45) is 0 Å². The van der Waals surface area contributed by atoms with Crippen molar-refractivity contribution in [1.29, 1.82) is 0 Å².